The van der Waals surface area contributed by atoms with Crippen LogP contribution in [0.5, 0.6) is 0 Å². The molecule has 90 valence electrons. The van der Waals surface area contributed by atoms with Crippen LogP contribution in [-0.2, 0) is 4.79 Å². The first-order valence-electron chi connectivity index (χ1n) is 5.73. The number of rotatable bonds is 7. The summed E-state index contributed by atoms with van der Waals surface area (Å²) in [5, 5.41) is 8.95. The number of carbonyl (C=O) groups is 1. The summed E-state index contributed by atoms with van der Waals surface area (Å²) in [6, 6.07) is 0. The molecule has 0 atom stereocenters. The van der Waals surface area contributed by atoms with Crippen molar-refractivity contribution in [2.75, 3.05) is 6.54 Å². The normalized spacial score (nSPS) is 12.5. The van der Waals surface area contributed by atoms with Crippen LogP contribution >= 0.6 is 0 Å². The Hall–Kier alpha value is -0.570. The van der Waals surface area contributed by atoms with Gasteiger partial charge in [0.15, 0.2) is 0 Å². The number of aliphatic carboxylic acids is 1. The highest BCUT2D eigenvalue weighted by Crippen LogP contribution is 2.36. The zero-order valence-electron chi connectivity index (χ0n) is 10.4. The first-order valence-corrected chi connectivity index (χ1v) is 5.73. The topological polar surface area (TPSA) is 63.3 Å². The highest BCUT2D eigenvalue weighted by atomic mass is 16.4. The molecule has 0 spiro atoms. The van der Waals surface area contributed by atoms with Gasteiger partial charge in [0.1, 0.15) is 0 Å². The van der Waals surface area contributed by atoms with E-state index in [0.29, 0.717) is 18.4 Å². The van der Waals surface area contributed by atoms with Gasteiger partial charge in [-0.1, -0.05) is 27.7 Å². The van der Waals surface area contributed by atoms with Gasteiger partial charge >= 0.3 is 5.97 Å². The van der Waals surface area contributed by atoms with Crippen molar-refractivity contribution in [3.05, 3.63) is 0 Å². The Balaban J connectivity index is 4.66. The zero-order chi connectivity index (χ0) is 12.1. The molecule has 3 nitrogen and oxygen atoms in total. The summed E-state index contributed by atoms with van der Waals surface area (Å²) in [6.45, 7) is 8.94. The monoisotopic (exact) mass is 215 g/mol. The van der Waals surface area contributed by atoms with E-state index in [-0.39, 0.29) is 11.8 Å². The lowest BCUT2D eigenvalue weighted by molar-refractivity contribution is -0.140. The average molecular weight is 215 g/mol. The van der Waals surface area contributed by atoms with E-state index >= 15 is 0 Å². The van der Waals surface area contributed by atoms with Gasteiger partial charge in [-0.25, -0.2) is 0 Å². The Bertz CT molecular complexity index is 190. The van der Waals surface area contributed by atoms with Gasteiger partial charge in [-0.2, -0.15) is 0 Å². The minimum Gasteiger partial charge on any atom is -0.481 e. The maximum Gasteiger partial charge on any atom is 0.303 e. The molecule has 0 aliphatic heterocycles. The van der Waals surface area contributed by atoms with Crippen molar-refractivity contribution < 1.29 is 9.90 Å². The summed E-state index contributed by atoms with van der Waals surface area (Å²) in [5.74, 6) is 0.250. The predicted molar refractivity (Wildman–Crippen MR) is 62.7 cm³/mol. The van der Waals surface area contributed by atoms with E-state index in [1.54, 1.807) is 0 Å². The Morgan fingerprint density at radius 1 is 1.20 bits per heavy atom. The van der Waals surface area contributed by atoms with Crippen LogP contribution in [0.4, 0.5) is 0 Å². The van der Waals surface area contributed by atoms with Gasteiger partial charge in [-0.3, -0.25) is 4.79 Å². The van der Waals surface area contributed by atoms with Crippen molar-refractivity contribution in [1.82, 2.24) is 0 Å². The van der Waals surface area contributed by atoms with Crippen LogP contribution in [0.15, 0.2) is 0 Å². The summed E-state index contributed by atoms with van der Waals surface area (Å²) < 4.78 is 0. The summed E-state index contributed by atoms with van der Waals surface area (Å²) in [7, 11) is 0. The largest absolute Gasteiger partial charge is 0.481 e. The summed E-state index contributed by atoms with van der Waals surface area (Å²) >= 11 is 0. The van der Waals surface area contributed by atoms with E-state index in [2.05, 4.69) is 27.7 Å². The van der Waals surface area contributed by atoms with Crippen LogP contribution in [0.25, 0.3) is 0 Å². The number of hydrogen-bond donors (Lipinski definition) is 2. The fourth-order valence-corrected chi connectivity index (χ4v) is 2.52. The number of carboxylic acid groups (broad SMARTS) is 1. The predicted octanol–water partition coefficient (Wildman–Crippen LogP) is 2.50. The van der Waals surface area contributed by atoms with E-state index < -0.39 is 5.97 Å². The van der Waals surface area contributed by atoms with E-state index in [4.69, 9.17) is 10.8 Å². The minimum atomic E-state index is -0.734. The lowest BCUT2D eigenvalue weighted by Gasteiger charge is -2.34. The number of hydrogen-bond acceptors (Lipinski definition) is 2. The lowest BCUT2D eigenvalue weighted by Crippen LogP contribution is -2.35. The summed E-state index contributed by atoms with van der Waals surface area (Å²) in [4.78, 5) is 10.9. The molecule has 0 unspecified atom stereocenters. The fourth-order valence-electron chi connectivity index (χ4n) is 2.52. The molecule has 0 amide bonds. The molecule has 0 aliphatic rings. The Morgan fingerprint density at radius 2 is 1.60 bits per heavy atom. The SMILES string of the molecule is CC(C)CC(CN)(CC(=O)O)CC(C)C. The van der Waals surface area contributed by atoms with E-state index in [9.17, 15) is 4.79 Å². The first-order chi connectivity index (χ1) is 6.81. The maximum absolute atomic E-state index is 10.9. The van der Waals surface area contributed by atoms with E-state index in [1.807, 2.05) is 0 Å². The maximum atomic E-state index is 10.9. The van der Waals surface area contributed by atoms with Crippen LogP contribution < -0.4 is 5.73 Å². The van der Waals surface area contributed by atoms with Crippen molar-refractivity contribution >= 4 is 5.97 Å². The quantitative estimate of drug-likeness (QED) is 0.686. The van der Waals surface area contributed by atoms with Gasteiger partial charge in [-0.15, -0.1) is 0 Å². The van der Waals surface area contributed by atoms with Crippen LogP contribution in [0.3, 0.4) is 0 Å². The number of carboxylic acids is 1. The third kappa shape index (κ3) is 5.78. The molecule has 3 heteroatoms. The molecule has 0 aromatic carbocycles. The van der Waals surface area contributed by atoms with Gasteiger partial charge in [0.05, 0.1) is 6.42 Å². The minimum absolute atomic E-state index is 0.194. The molecule has 15 heavy (non-hydrogen) atoms. The third-order valence-corrected chi connectivity index (χ3v) is 2.64. The number of nitrogens with two attached hydrogens (primary N) is 1. The smallest absolute Gasteiger partial charge is 0.303 e. The van der Waals surface area contributed by atoms with Crippen LogP contribution in [-0.4, -0.2) is 17.6 Å². The summed E-state index contributed by atoms with van der Waals surface area (Å²) in [6.07, 6.45) is 1.99. The van der Waals surface area contributed by atoms with Gasteiger partial charge in [0, 0.05) is 0 Å². The standard InChI is InChI=1S/C12H25NO2/c1-9(2)5-12(8-13,6-10(3)4)7-11(14)15/h9-10H,5-8,13H2,1-4H3,(H,14,15). The van der Waals surface area contributed by atoms with Gasteiger partial charge in [0.25, 0.3) is 0 Å². The summed E-state index contributed by atoms with van der Waals surface area (Å²) in [5.41, 5.74) is 5.58. The average Bonchev–Trinajstić information content (AvgIpc) is 1.99. The van der Waals surface area contributed by atoms with Crippen LogP contribution in [0.2, 0.25) is 0 Å². The molecule has 0 radical (unpaired) electrons. The van der Waals surface area contributed by atoms with Gasteiger partial charge in [0.2, 0.25) is 0 Å². The molecule has 0 saturated heterocycles. The van der Waals surface area contributed by atoms with Gasteiger partial charge in [-0.05, 0) is 36.6 Å². The Morgan fingerprint density at radius 3 is 1.80 bits per heavy atom. The molecule has 0 aliphatic carbocycles. The lowest BCUT2D eigenvalue weighted by atomic mass is 9.72. The second-order valence-corrected chi connectivity index (χ2v) is 5.47. The van der Waals surface area contributed by atoms with E-state index in [0.717, 1.165) is 12.8 Å². The van der Waals surface area contributed by atoms with Crippen molar-refractivity contribution in [3.8, 4) is 0 Å². The molecule has 0 rings (SSSR count). The van der Waals surface area contributed by atoms with Crippen molar-refractivity contribution in [2.45, 2.75) is 47.0 Å². The first kappa shape index (κ1) is 14.4. The third-order valence-electron chi connectivity index (χ3n) is 2.64. The molecule has 0 bridgehead atoms. The highest BCUT2D eigenvalue weighted by molar-refractivity contribution is 5.67. The van der Waals surface area contributed by atoms with E-state index in [1.165, 1.54) is 0 Å². The molecule has 0 saturated carbocycles. The second-order valence-electron chi connectivity index (χ2n) is 5.47. The van der Waals surface area contributed by atoms with Crippen molar-refractivity contribution in [1.29, 1.82) is 0 Å². The van der Waals surface area contributed by atoms with Crippen LogP contribution in [0, 0.1) is 17.3 Å². The Kier molecular flexibility index (Phi) is 5.88. The molecular weight excluding hydrogens is 190 g/mol. The molecule has 3 N–H and O–H groups in total. The fraction of sp³-hybridized carbons (Fsp3) is 0.917. The molecular formula is C12H25NO2. The Labute approximate surface area is 93.0 Å². The zero-order valence-corrected chi connectivity index (χ0v) is 10.4. The second kappa shape index (κ2) is 6.11. The molecule has 0 aromatic rings. The van der Waals surface area contributed by atoms with Crippen molar-refractivity contribution in [3.63, 3.8) is 0 Å². The molecule has 0 aromatic heterocycles. The van der Waals surface area contributed by atoms with Gasteiger partial charge < -0.3 is 10.8 Å². The van der Waals surface area contributed by atoms with Crippen molar-refractivity contribution in [2.24, 2.45) is 23.0 Å². The molecule has 0 heterocycles. The highest BCUT2D eigenvalue weighted by Gasteiger charge is 2.32. The van der Waals surface area contributed by atoms with Crippen LogP contribution in [0.1, 0.15) is 47.0 Å². The molecule has 0 fully saturated rings.